The quantitative estimate of drug-likeness (QED) is 0.635. The van der Waals surface area contributed by atoms with E-state index >= 15 is 0 Å². The summed E-state index contributed by atoms with van der Waals surface area (Å²) >= 11 is 0. The highest BCUT2D eigenvalue weighted by Crippen LogP contribution is 2.29. The summed E-state index contributed by atoms with van der Waals surface area (Å²) in [5.41, 5.74) is 3.98. The van der Waals surface area contributed by atoms with Crippen LogP contribution in [-0.4, -0.2) is 23.3 Å². The second-order valence-corrected chi connectivity index (χ2v) is 6.55. The molecule has 0 saturated heterocycles. The molecule has 3 heteroatoms. The summed E-state index contributed by atoms with van der Waals surface area (Å²) in [6, 6.07) is 14.9. The number of carbonyl (C=O) groups is 2. The van der Waals surface area contributed by atoms with Crippen molar-refractivity contribution in [3.8, 4) is 0 Å². The smallest absolute Gasteiger partial charge is 0.168 e. The van der Waals surface area contributed by atoms with Crippen molar-refractivity contribution in [1.29, 1.82) is 0 Å². The van der Waals surface area contributed by atoms with Crippen molar-refractivity contribution in [3.05, 3.63) is 70.8 Å². The maximum absolute atomic E-state index is 12.5. The Morgan fingerprint density at radius 3 is 2.61 bits per heavy atom. The van der Waals surface area contributed by atoms with Gasteiger partial charge in [-0.15, -0.1) is 0 Å². The van der Waals surface area contributed by atoms with E-state index in [1.54, 1.807) is 6.07 Å². The van der Waals surface area contributed by atoms with E-state index in [9.17, 15) is 9.59 Å². The SMILES string of the molecule is CC1(C)Cc2cc(C=O)ccc2C(CC(=O)c2ccccc2)=N1. The lowest BCUT2D eigenvalue weighted by Crippen LogP contribution is -2.30. The van der Waals surface area contributed by atoms with Crippen molar-refractivity contribution in [2.24, 2.45) is 4.99 Å². The Labute approximate surface area is 136 Å². The summed E-state index contributed by atoms with van der Waals surface area (Å²) in [6.45, 7) is 4.10. The molecule has 2 aromatic rings. The van der Waals surface area contributed by atoms with Crippen LogP contribution >= 0.6 is 0 Å². The van der Waals surface area contributed by atoms with E-state index in [-0.39, 0.29) is 17.7 Å². The van der Waals surface area contributed by atoms with Crippen molar-refractivity contribution in [2.75, 3.05) is 0 Å². The minimum absolute atomic E-state index is 0.0625. The summed E-state index contributed by atoms with van der Waals surface area (Å²) < 4.78 is 0. The molecule has 1 aliphatic heterocycles. The van der Waals surface area contributed by atoms with Gasteiger partial charge in [0.05, 0.1) is 17.7 Å². The Balaban J connectivity index is 1.96. The topological polar surface area (TPSA) is 46.5 Å². The number of fused-ring (bicyclic) bond motifs is 1. The minimum Gasteiger partial charge on any atom is -0.298 e. The number of ketones is 1. The lowest BCUT2D eigenvalue weighted by Gasteiger charge is -2.29. The fourth-order valence-electron chi connectivity index (χ4n) is 3.06. The second kappa shape index (κ2) is 5.92. The lowest BCUT2D eigenvalue weighted by atomic mass is 9.84. The first kappa shape index (κ1) is 15.3. The molecule has 0 aliphatic carbocycles. The van der Waals surface area contributed by atoms with Gasteiger partial charge in [-0.25, -0.2) is 0 Å². The van der Waals surface area contributed by atoms with Gasteiger partial charge in [-0.2, -0.15) is 0 Å². The van der Waals surface area contributed by atoms with Crippen LogP contribution in [0, 0.1) is 0 Å². The molecule has 0 radical (unpaired) electrons. The fraction of sp³-hybridized carbons (Fsp3) is 0.250. The summed E-state index contributed by atoms with van der Waals surface area (Å²) in [5, 5.41) is 0. The van der Waals surface area contributed by atoms with Gasteiger partial charge in [-0.1, -0.05) is 42.5 Å². The number of rotatable bonds is 4. The zero-order valence-corrected chi connectivity index (χ0v) is 13.4. The molecule has 0 bridgehead atoms. The maximum atomic E-state index is 12.5. The average molecular weight is 305 g/mol. The second-order valence-electron chi connectivity index (χ2n) is 6.55. The van der Waals surface area contributed by atoms with Crippen LogP contribution in [-0.2, 0) is 6.42 Å². The van der Waals surface area contributed by atoms with Crippen LogP contribution in [0.25, 0.3) is 0 Å². The molecule has 0 aromatic heterocycles. The minimum atomic E-state index is -0.263. The van der Waals surface area contributed by atoms with Gasteiger partial charge >= 0.3 is 0 Å². The third-order valence-electron chi connectivity index (χ3n) is 4.06. The monoisotopic (exact) mass is 305 g/mol. The predicted molar refractivity (Wildman–Crippen MR) is 91.5 cm³/mol. The van der Waals surface area contributed by atoms with Gasteiger partial charge < -0.3 is 0 Å². The number of aldehydes is 1. The zero-order chi connectivity index (χ0) is 16.4. The van der Waals surface area contributed by atoms with Gasteiger partial charge in [-0.3, -0.25) is 14.6 Å². The largest absolute Gasteiger partial charge is 0.298 e. The fourth-order valence-corrected chi connectivity index (χ4v) is 3.06. The van der Waals surface area contributed by atoms with Crippen LogP contribution in [0.15, 0.2) is 53.5 Å². The van der Waals surface area contributed by atoms with E-state index in [0.29, 0.717) is 11.1 Å². The predicted octanol–water partition coefficient (Wildman–Crippen LogP) is 3.90. The normalized spacial score (nSPS) is 15.5. The molecule has 0 N–H and O–H groups in total. The first-order chi connectivity index (χ1) is 11.0. The molecular weight excluding hydrogens is 286 g/mol. The van der Waals surface area contributed by atoms with Crippen LogP contribution < -0.4 is 0 Å². The van der Waals surface area contributed by atoms with Gasteiger partial charge in [0.2, 0.25) is 0 Å². The van der Waals surface area contributed by atoms with Crippen molar-refractivity contribution in [3.63, 3.8) is 0 Å². The molecule has 1 aliphatic rings. The molecule has 0 amide bonds. The molecule has 0 unspecified atom stereocenters. The van der Waals surface area contributed by atoms with Crippen LogP contribution in [0.3, 0.4) is 0 Å². The Morgan fingerprint density at radius 2 is 1.91 bits per heavy atom. The zero-order valence-electron chi connectivity index (χ0n) is 13.4. The Hall–Kier alpha value is -2.55. The maximum Gasteiger partial charge on any atom is 0.168 e. The third-order valence-corrected chi connectivity index (χ3v) is 4.06. The van der Waals surface area contributed by atoms with Gasteiger partial charge in [0.15, 0.2) is 5.78 Å². The lowest BCUT2D eigenvalue weighted by molar-refractivity contribution is 0.1000. The van der Waals surface area contributed by atoms with E-state index in [2.05, 4.69) is 13.8 Å². The molecule has 2 aromatic carbocycles. The van der Waals surface area contributed by atoms with E-state index in [4.69, 9.17) is 4.99 Å². The van der Waals surface area contributed by atoms with Gasteiger partial charge in [-0.05, 0) is 37.5 Å². The molecule has 23 heavy (non-hydrogen) atoms. The van der Waals surface area contributed by atoms with Crippen molar-refractivity contribution >= 4 is 17.8 Å². The first-order valence-corrected chi connectivity index (χ1v) is 7.74. The molecule has 3 rings (SSSR count). The molecule has 0 fully saturated rings. The highest BCUT2D eigenvalue weighted by Gasteiger charge is 2.28. The summed E-state index contributed by atoms with van der Waals surface area (Å²) in [4.78, 5) is 28.3. The van der Waals surface area contributed by atoms with Crippen LogP contribution in [0.5, 0.6) is 0 Å². The average Bonchev–Trinajstić information content (AvgIpc) is 2.54. The number of nitrogens with zero attached hydrogens (tertiary/aromatic N) is 1. The first-order valence-electron chi connectivity index (χ1n) is 7.74. The van der Waals surface area contributed by atoms with Crippen LogP contribution in [0.2, 0.25) is 0 Å². The molecular formula is C20H19NO2. The summed E-state index contributed by atoms with van der Waals surface area (Å²) in [6.07, 6.45) is 1.90. The number of hydrogen-bond donors (Lipinski definition) is 0. The third kappa shape index (κ3) is 3.29. The molecule has 3 nitrogen and oxygen atoms in total. The van der Waals surface area contributed by atoms with E-state index in [1.165, 1.54) is 0 Å². The highest BCUT2D eigenvalue weighted by atomic mass is 16.1. The summed E-state index contributed by atoms with van der Waals surface area (Å²) in [5.74, 6) is 0.0625. The van der Waals surface area contributed by atoms with E-state index in [0.717, 1.165) is 29.5 Å². The van der Waals surface area contributed by atoms with Crippen molar-refractivity contribution < 1.29 is 9.59 Å². The molecule has 1 heterocycles. The van der Waals surface area contributed by atoms with Crippen LogP contribution in [0.4, 0.5) is 0 Å². The summed E-state index contributed by atoms with van der Waals surface area (Å²) in [7, 11) is 0. The Bertz CT molecular complexity index is 789. The van der Waals surface area contributed by atoms with E-state index in [1.807, 2.05) is 42.5 Å². The number of carbonyl (C=O) groups excluding carboxylic acids is 2. The van der Waals surface area contributed by atoms with Gasteiger partial charge in [0.1, 0.15) is 6.29 Å². The van der Waals surface area contributed by atoms with Crippen molar-refractivity contribution in [2.45, 2.75) is 32.2 Å². The number of aliphatic imine (C=N–C) groups is 1. The highest BCUT2D eigenvalue weighted by molar-refractivity contribution is 6.16. The molecule has 0 spiro atoms. The van der Waals surface area contributed by atoms with E-state index < -0.39 is 0 Å². The van der Waals surface area contributed by atoms with Crippen molar-refractivity contribution in [1.82, 2.24) is 0 Å². The molecule has 0 saturated carbocycles. The number of Topliss-reactive ketones (excluding diaryl/α,β-unsaturated/α-hetero) is 1. The number of benzene rings is 2. The molecule has 116 valence electrons. The number of hydrogen-bond acceptors (Lipinski definition) is 3. The van der Waals surface area contributed by atoms with Gasteiger partial charge in [0, 0.05) is 11.1 Å². The standard InChI is InChI=1S/C20H19NO2/c1-20(2)12-16-10-14(13-22)8-9-17(16)18(21-20)11-19(23)15-6-4-3-5-7-15/h3-10,13H,11-12H2,1-2H3. The Kier molecular flexibility index (Phi) is 3.95. The Morgan fingerprint density at radius 1 is 1.17 bits per heavy atom. The van der Waals surface area contributed by atoms with Gasteiger partial charge in [0.25, 0.3) is 0 Å². The van der Waals surface area contributed by atoms with Crippen LogP contribution in [0.1, 0.15) is 52.1 Å². The molecule has 0 atom stereocenters.